The van der Waals surface area contributed by atoms with E-state index in [0.717, 1.165) is 11.3 Å². The van der Waals surface area contributed by atoms with Crippen molar-refractivity contribution < 1.29 is 14.3 Å². The van der Waals surface area contributed by atoms with Crippen LogP contribution in [0.5, 0.6) is 0 Å². The fourth-order valence-electron chi connectivity index (χ4n) is 2.21. The summed E-state index contributed by atoms with van der Waals surface area (Å²) in [6.45, 7) is 2.03. The van der Waals surface area contributed by atoms with Gasteiger partial charge in [-0.1, -0.05) is 42.1 Å². The largest absolute Gasteiger partial charge is 0.462 e. The lowest BCUT2D eigenvalue weighted by Gasteiger charge is -2.05. The van der Waals surface area contributed by atoms with Crippen LogP contribution in [0.3, 0.4) is 0 Å². The fraction of sp³-hybridized carbons (Fsp3) is 0.167. The monoisotopic (exact) mass is 387 g/mol. The molecule has 26 heavy (non-hydrogen) atoms. The first-order chi connectivity index (χ1) is 12.7. The quantitative estimate of drug-likeness (QED) is 0.472. The van der Waals surface area contributed by atoms with E-state index in [1.54, 1.807) is 24.6 Å². The van der Waals surface area contributed by atoms with Crippen molar-refractivity contribution >= 4 is 40.0 Å². The Morgan fingerprint density at radius 1 is 1.27 bits per heavy atom. The van der Waals surface area contributed by atoms with Crippen LogP contribution in [-0.2, 0) is 9.53 Å². The van der Waals surface area contributed by atoms with E-state index in [0.29, 0.717) is 22.3 Å². The summed E-state index contributed by atoms with van der Waals surface area (Å²) in [7, 11) is 0. The van der Waals surface area contributed by atoms with E-state index in [1.165, 1.54) is 23.1 Å². The molecule has 0 saturated heterocycles. The molecule has 6 nitrogen and oxygen atoms in total. The Hall–Kier alpha value is -2.58. The lowest BCUT2D eigenvalue weighted by Crippen LogP contribution is -2.16. The number of nitrogens with one attached hydrogen (secondary N) is 2. The van der Waals surface area contributed by atoms with Crippen LogP contribution in [0.2, 0.25) is 0 Å². The van der Waals surface area contributed by atoms with Crippen LogP contribution in [0.25, 0.3) is 11.3 Å². The molecule has 1 amide bonds. The molecule has 134 valence electrons. The van der Waals surface area contributed by atoms with Crippen LogP contribution in [0.15, 0.2) is 53.1 Å². The van der Waals surface area contributed by atoms with Crippen LogP contribution in [-0.4, -0.2) is 34.2 Å². The summed E-state index contributed by atoms with van der Waals surface area (Å²) in [5.41, 5.74) is 2.31. The van der Waals surface area contributed by atoms with E-state index < -0.39 is 5.97 Å². The fourth-order valence-corrected chi connectivity index (χ4v) is 3.65. The Morgan fingerprint density at radius 3 is 2.85 bits per heavy atom. The van der Waals surface area contributed by atoms with Gasteiger partial charge in [-0.05, 0) is 23.9 Å². The van der Waals surface area contributed by atoms with E-state index in [1.807, 2.05) is 30.3 Å². The molecule has 0 saturated carbocycles. The second kappa shape index (κ2) is 8.68. The zero-order valence-electron chi connectivity index (χ0n) is 14.0. The minimum absolute atomic E-state index is 0.182. The van der Waals surface area contributed by atoms with Gasteiger partial charge in [-0.3, -0.25) is 4.79 Å². The zero-order valence-corrected chi connectivity index (χ0v) is 15.7. The third-order valence-electron chi connectivity index (χ3n) is 3.39. The van der Waals surface area contributed by atoms with E-state index in [-0.39, 0.29) is 11.7 Å². The summed E-state index contributed by atoms with van der Waals surface area (Å²) < 4.78 is 4.98. The van der Waals surface area contributed by atoms with Crippen molar-refractivity contribution in [1.29, 1.82) is 0 Å². The van der Waals surface area contributed by atoms with Gasteiger partial charge in [-0.25, -0.2) is 9.78 Å². The molecule has 2 aromatic heterocycles. The SMILES string of the molecule is CCOC(=O)c1ccsc1NC(=O)CSc1ncc(-c2ccccc2)[nH]1. The molecule has 2 N–H and O–H groups in total. The van der Waals surface area contributed by atoms with Crippen molar-refractivity contribution in [3.05, 3.63) is 53.5 Å². The molecular formula is C18H17N3O3S2. The van der Waals surface area contributed by atoms with Crippen LogP contribution in [0.1, 0.15) is 17.3 Å². The molecule has 0 aliphatic rings. The Balaban J connectivity index is 1.56. The van der Waals surface area contributed by atoms with Gasteiger partial charge in [0, 0.05) is 0 Å². The van der Waals surface area contributed by atoms with Crippen LogP contribution >= 0.6 is 23.1 Å². The number of thioether (sulfide) groups is 1. The van der Waals surface area contributed by atoms with Gasteiger partial charge in [-0.15, -0.1) is 11.3 Å². The van der Waals surface area contributed by atoms with Gasteiger partial charge < -0.3 is 15.0 Å². The maximum atomic E-state index is 12.2. The molecule has 3 aromatic rings. The molecule has 0 atom stereocenters. The number of rotatable bonds is 7. The summed E-state index contributed by atoms with van der Waals surface area (Å²) in [5.74, 6) is -0.460. The third kappa shape index (κ3) is 4.53. The smallest absolute Gasteiger partial charge is 0.341 e. The van der Waals surface area contributed by atoms with Gasteiger partial charge in [0.15, 0.2) is 5.16 Å². The molecule has 8 heteroatoms. The highest BCUT2D eigenvalue weighted by Crippen LogP contribution is 2.25. The molecule has 0 bridgehead atoms. The number of hydrogen-bond acceptors (Lipinski definition) is 6. The number of aromatic amines is 1. The Labute approximate surface area is 159 Å². The summed E-state index contributed by atoms with van der Waals surface area (Å²) in [6, 6.07) is 11.5. The number of thiophene rings is 1. The molecule has 0 spiro atoms. The number of carbonyl (C=O) groups is 2. The molecule has 0 unspecified atom stereocenters. The third-order valence-corrected chi connectivity index (χ3v) is 5.11. The molecule has 0 aliphatic heterocycles. The summed E-state index contributed by atoms with van der Waals surface area (Å²) in [6.07, 6.45) is 1.74. The van der Waals surface area contributed by atoms with Crippen LogP contribution in [0.4, 0.5) is 5.00 Å². The Morgan fingerprint density at radius 2 is 2.08 bits per heavy atom. The highest BCUT2D eigenvalue weighted by atomic mass is 32.2. The van der Waals surface area contributed by atoms with Crippen molar-refractivity contribution in [3.63, 3.8) is 0 Å². The maximum absolute atomic E-state index is 12.2. The van der Waals surface area contributed by atoms with Gasteiger partial charge in [0.25, 0.3) is 0 Å². The van der Waals surface area contributed by atoms with Gasteiger partial charge in [-0.2, -0.15) is 0 Å². The van der Waals surface area contributed by atoms with Crippen molar-refractivity contribution in [3.8, 4) is 11.3 Å². The minimum atomic E-state index is -0.435. The second-order valence-electron chi connectivity index (χ2n) is 5.19. The first kappa shape index (κ1) is 18.2. The number of H-pyrrole nitrogens is 1. The predicted molar refractivity (Wildman–Crippen MR) is 104 cm³/mol. The molecule has 3 rings (SSSR count). The number of imidazole rings is 1. The average molecular weight is 387 g/mol. The highest BCUT2D eigenvalue weighted by Gasteiger charge is 2.16. The molecule has 0 radical (unpaired) electrons. The van der Waals surface area contributed by atoms with Gasteiger partial charge in [0.1, 0.15) is 5.00 Å². The lowest BCUT2D eigenvalue weighted by molar-refractivity contribution is -0.113. The number of aromatic nitrogens is 2. The number of nitrogens with zero attached hydrogens (tertiary/aromatic N) is 1. The highest BCUT2D eigenvalue weighted by molar-refractivity contribution is 7.99. The number of anilines is 1. The van der Waals surface area contributed by atoms with Gasteiger partial charge in [0.2, 0.25) is 5.91 Å². The van der Waals surface area contributed by atoms with Crippen molar-refractivity contribution in [1.82, 2.24) is 9.97 Å². The van der Waals surface area contributed by atoms with E-state index in [4.69, 9.17) is 4.74 Å². The Kier molecular flexibility index (Phi) is 6.08. The van der Waals surface area contributed by atoms with E-state index >= 15 is 0 Å². The number of carbonyl (C=O) groups excluding carboxylic acids is 2. The number of esters is 1. The lowest BCUT2D eigenvalue weighted by atomic mass is 10.2. The summed E-state index contributed by atoms with van der Waals surface area (Å²) in [4.78, 5) is 31.5. The first-order valence-corrected chi connectivity index (χ1v) is 9.81. The topological polar surface area (TPSA) is 84.1 Å². The summed E-state index contributed by atoms with van der Waals surface area (Å²) in [5, 5.41) is 5.66. The van der Waals surface area contributed by atoms with Crippen LogP contribution in [0, 0.1) is 0 Å². The molecule has 1 aromatic carbocycles. The summed E-state index contributed by atoms with van der Waals surface area (Å²) >= 11 is 2.59. The number of hydrogen-bond donors (Lipinski definition) is 2. The van der Waals surface area contributed by atoms with Crippen molar-refractivity contribution in [2.45, 2.75) is 12.1 Å². The molecule has 0 fully saturated rings. The standard InChI is InChI=1S/C18H17N3O3S2/c1-2-24-17(23)13-8-9-25-16(13)21-15(22)11-26-18-19-10-14(20-18)12-6-4-3-5-7-12/h3-10H,2,11H2,1H3,(H,19,20)(H,21,22). The average Bonchev–Trinajstić information content (AvgIpc) is 3.30. The zero-order chi connectivity index (χ0) is 18.4. The number of benzene rings is 1. The van der Waals surface area contributed by atoms with Gasteiger partial charge in [0.05, 0.1) is 29.8 Å². The van der Waals surface area contributed by atoms with Crippen molar-refractivity contribution in [2.24, 2.45) is 0 Å². The molecule has 2 heterocycles. The Bertz CT molecular complexity index is 890. The first-order valence-electron chi connectivity index (χ1n) is 7.95. The van der Waals surface area contributed by atoms with E-state index in [2.05, 4.69) is 15.3 Å². The normalized spacial score (nSPS) is 10.5. The van der Waals surface area contributed by atoms with Crippen LogP contribution < -0.4 is 5.32 Å². The van der Waals surface area contributed by atoms with Gasteiger partial charge >= 0.3 is 5.97 Å². The van der Waals surface area contributed by atoms with Crippen molar-refractivity contribution in [2.75, 3.05) is 17.7 Å². The number of amides is 1. The minimum Gasteiger partial charge on any atom is -0.462 e. The molecule has 0 aliphatic carbocycles. The van der Waals surface area contributed by atoms with E-state index in [9.17, 15) is 9.59 Å². The predicted octanol–water partition coefficient (Wildman–Crippen LogP) is 4.05. The maximum Gasteiger partial charge on any atom is 0.341 e. The second-order valence-corrected chi connectivity index (χ2v) is 7.07. The number of ether oxygens (including phenoxy) is 1. The molecular weight excluding hydrogens is 370 g/mol.